The molecule has 17 heavy (non-hydrogen) atoms. The number of nitrogens with one attached hydrogen (secondary N) is 1. The van der Waals surface area contributed by atoms with E-state index < -0.39 is 0 Å². The van der Waals surface area contributed by atoms with Crippen LogP contribution in [0.4, 0.5) is 5.82 Å². The van der Waals surface area contributed by atoms with Crippen molar-refractivity contribution in [1.29, 1.82) is 0 Å². The van der Waals surface area contributed by atoms with Gasteiger partial charge in [-0.05, 0) is 37.5 Å². The normalized spacial score (nSPS) is 25.9. The number of hydrogen-bond donors (Lipinski definition) is 1. The van der Waals surface area contributed by atoms with Crippen LogP contribution in [0.1, 0.15) is 50.8 Å². The Morgan fingerprint density at radius 2 is 2.12 bits per heavy atom. The highest BCUT2D eigenvalue weighted by Gasteiger charge is 2.35. The minimum atomic E-state index is 0.399. The number of anilines is 1. The lowest BCUT2D eigenvalue weighted by Gasteiger charge is -2.28. The molecule has 0 aliphatic heterocycles. The Bertz CT molecular complexity index is 425. The lowest BCUT2D eigenvalue weighted by Crippen LogP contribution is -2.31. The number of aromatic nitrogens is 2. The first kappa shape index (κ1) is 11.0. The van der Waals surface area contributed by atoms with Crippen molar-refractivity contribution in [3.8, 4) is 0 Å². The maximum Gasteiger partial charge on any atom is 0.133 e. The van der Waals surface area contributed by atoms with Gasteiger partial charge in [0.05, 0.1) is 0 Å². The molecule has 1 aromatic heterocycles. The molecule has 0 aromatic carbocycles. The van der Waals surface area contributed by atoms with Crippen LogP contribution < -0.4 is 5.32 Å². The maximum absolute atomic E-state index is 4.46. The Morgan fingerprint density at radius 1 is 1.24 bits per heavy atom. The summed E-state index contributed by atoms with van der Waals surface area (Å²) >= 11 is 0. The minimum absolute atomic E-state index is 0.399. The van der Waals surface area contributed by atoms with Gasteiger partial charge in [-0.3, -0.25) is 0 Å². The van der Waals surface area contributed by atoms with Gasteiger partial charge < -0.3 is 5.32 Å². The zero-order chi connectivity index (χ0) is 11.9. The number of fused-ring (bicyclic) bond motifs is 1. The highest BCUT2D eigenvalue weighted by molar-refractivity contribution is 5.49. The van der Waals surface area contributed by atoms with E-state index in [9.17, 15) is 0 Å². The van der Waals surface area contributed by atoms with Crippen LogP contribution in [-0.2, 0) is 12.8 Å². The summed E-state index contributed by atoms with van der Waals surface area (Å²) in [6.45, 7) is 4.72. The molecule has 1 saturated carbocycles. The fourth-order valence-corrected chi connectivity index (χ4v) is 3.24. The van der Waals surface area contributed by atoms with E-state index >= 15 is 0 Å². The molecule has 1 unspecified atom stereocenters. The Kier molecular flexibility index (Phi) is 2.57. The molecule has 3 rings (SSSR count). The summed E-state index contributed by atoms with van der Waals surface area (Å²) in [7, 11) is 0. The minimum Gasteiger partial charge on any atom is -0.366 e. The zero-order valence-electron chi connectivity index (χ0n) is 10.8. The third-order valence-electron chi connectivity index (χ3n) is 4.44. The molecular weight excluding hydrogens is 210 g/mol. The maximum atomic E-state index is 4.46. The van der Waals surface area contributed by atoms with Crippen LogP contribution in [0.2, 0.25) is 0 Å². The van der Waals surface area contributed by atoms with E-state index in [1.54, 1.807) is 6.33 Å². The van der Waals surface area contributed by atoms with E-state index in [1.807, 2.05) is 0 Å². The lowest BCUT2D eigenvalue weighted by molar-refractivity contribution is 0.349. The second-order valence-electron chi connectivity index (χ2n) is 6.08. The quantitative estimate of drug-likeness (QED) is 0.850. The average molecular weight is 231 g/mol. The average Bonchev–Trinajstić information content (AvgIpc) is 2.86. The summed E-state index contributed by atoms with van der Waals surface area (Å²) < 4.78 is 0. The first-order valence-corrected chi connectivity index (χ1v) is 6.76. The molecule has 3 heteroatoms. The van der Waals surface area contributed by atoms with Crippen LogP contribution in [0.25, 0.3) is 0 Å². The predicted octanol–water partition coefficient (Wildman–Crippen LogP) is 2.96. The molecule has 2 aliphatic carbocycles. The second kappa shape index (κ2) is 3.97. The molecule has 0 radical (unpaired) electrons. The van der Waals surface area contributed by atoms with E-state index in [-0.39, 0.29) is 0 Å². The van der Waals surface area contributed by atoms with Gasteiger partial charge in [-0.2, -0.15) is 0 Å². The smallest absolute Gasteiger partial charge is 0.133 e. The number of rotatable bonds is 2. The van der Waals surface area contributed by atoms with Crippen molar-refractivity contribution < 1.29 is 0 Å². The van der Waals surface area contributed by atoms with Gasteiger partial charge in [-0.1, -0.05) is 20.3 Å². The predicted molar refractivity (Wildman–Crippen MR) is 69.1 cm³/mol. The lowest BCUT2D eigenvalue weighted by atomic mass is 9.87. The molecule has 0 amide bonds. The molecular formula is C14H21N3. The Balaban J connectivity index is 1.84. The van der Waals surface area contributed by atoms with E-state index in [0.29, 0.717) is 11.5 Å². The summed E-state index contributed by atoms with van der Waals surface area (Å²) in [5.74, 6) is 1.10. The number of hydrogen-bond acceptors (Lipinski definition) is 3. The summed E-state index contributed by atoms with van der Waals surface area (Å²) in [5.41, 5.74) is 3.03. The van der Waals surface area contributed by atoms with Gasteiger partial charge in [0.2, 0.25) is 0 Å². The van der Waals surface area contributed by atoms with Crippen molar-refractivity contribution in [2.75, 3.05) is 5.32 Å². The topological polar surface area (TPSA) is 37.8 Å². The first-order chi connectivity index (χ1) is 8.17. The Hall–Kier alpha value is -1.12. The zero-order valence-corrected chi connectivity index (χ0v) is 10.8. The van der Waals surface area contributed by atoms with Gasteiger partial charge in [-0.15, -0.1) is 0 Å². The summed E-state index contributed by atoms with van der Waals surface area (Å²) in [4.78, 5) is 8.84. The molecule has 2 aliphatic rings. The molecule has 1 N–H and O–H groups in total. The van der Waals surface area contributed by atoms with Crippen LogP contribution >= 0.6 is 0 Å². The van der Waals surface area contributed by atoms with Crippen LogP contribution in [0.3, 0.4) is 0 Å². The van der Waals surface area contributed by atoms with E-state index in [1.165, 1.54) is 36.9 Å². The third-order valence-corrected chi connectivity index (χ3v) is 4.44. The molecule has 1 fully saturated rings. The van der Waals surface area contributed by atoms with Crippen molar-refractivity contribution in [2.45, 2.75) is 58.4 Å². The van der Waals surface area contributed by atoms with Crippen LogP contribution in [0, 0.1) is 5.41 Å². The molecule has 1 atom stereocenters. The number of nitrogens with zero attached hydrogens (tertiary/aromatic N) is 2. The summed E-state index contributed by atoms with van der Waals surface area (Å²) in [6.07, 6.45) is 9.14. The summed E-state index contributed by atoms with van der Waals surface area (Å²) in [5, 5.41) is 3.68. The van der Waals surface area contributed by atoms with E-state index in [4.69, 9.17) is 0 Å². The van der Waals surface area contributed by atoms with Crippen LogP contribution in [0.5, 0.6) is 0 Å². The van der Waals surface area contributed by atoms with Crippen molar-refractivity contribution in [1.82, 2.24) is 9.97 Å². The Morgan fingerprint density at radius 3 is 2.88 bits per heavy atom. The first-order valence-electron chi connectivity index (χ1n) is 6.76. The summed E-state index contributed by atoms with van der Waals surface area (Å²) in [6, 6.07) is 0.571. The largest absolute Gasteiger partial charge is 0.366 e. The van der Waals surface area contributed by atoms with Crippen LogP contribution in [0.15, 0.2) is 6.33 Å². The van der Waals surface area contributed by atoms with Crippen molar-refractivity contribution >= 4 is 5.82 Å². The van der Waals surface area contributed by atoms with Crippen LogP contribution in [-0.4, -0.2) is 16.0 Å². The van der Waals surface area contributed by atoms with Crippen molar-refractivity contribution in [3.05, 3.63) is 17.6 Å². The van der Waals surface area contributed by atoms with Gasteiger partial charge in [0.25, 0.3) is 0 Å². The number of aryl methyl sites for hydroxylation is 1. The monoisotopic (exact) mass is 231 g/mol. The van der Waals surface area contributed by atoms with Gasteiger partial charge in [0, 0.05) is 17.3 Å². The highest BCUT2D eigenvalue weighted by atomic mass is 15.1. The van der Waals surface area contributed by atoms with Gasteiger partial charge in [0.1, 0.15) is 12.1 Å². The van der Waals surface area contributed by atoms with Gasteiger partial charge in [-0.25, -0.2) is 9.97 Å². The molecule has 0 saturated heterocycles. The molecule has 0 bridgehead atoms. The van der Waals surface area contributed by atoms with Gasteiger partial charge in [0.15, 0.2) is 0 Å². The van der Waals surface area contributed by atoms with Crippen molar-refractivity contribution in [3.63, 3.8) is 0 Å². The van der Waals surface area contributed by atoms with E-state index in [2.05, 4.69) is 29.1 Å². The second-order valence-corrected chi connectivity index (χ2v) is 6.08. The van der Waals surface area contributed by atoms with E-state index in [0.717, 1.165) is 18.7 Å². The molecule has 1 heterocycles. The van der Waals surface area contributed by atoms with Crippen molar-refractivity contribution in [2.24, 2.45) is 5.41 Å². The fourth-order valence-electron chi connectivity index (χ4n) is 3.24. The standard InChI is InChI=1S/C14H21N3/c1-14(2)8-4-7-12(14)17-13-10-5-3-6-11(10)15-9-16-13/h9,12H,3-8H2,1-2H3,(H,15,16,17). The molecule has 1 aromatic rings. The Labute approximate surface area is 103 Å². The van der Waals surface area contributed by atoms with Gasteiger partial charge >= 0.3 is 0 Å². The molecule has 3 nitrogen and oxygen atoms in total. The molecule has 0 spiro atoms. The highest BCUT2D eigenvalue weighted by Crippen LogP contribution is 2.39. The third kappa shape index (κ3) is 1.92. The SMILES string of the molecule is CC1(C)CCCC1Nc1ncnc2c1CCC2. The fraction of sp³-hybridized carbons (Fsp3) is 0.714. The molecule has 92 valence electrons.